The summed E-state index contributed by atoms with van der Waals surface area (Å²) in [6.07, 6.45) is -14.8. The molecule has 0 unspecified atom stereocenters. The molecule has 0 bridgehead atoms. The minimum Gasteiger partial charge on any atom is -0.313 e. The van der Waals surface area contributed by atoms with Crippen LogP contribution in [0.5, 0.6) is 0 Å². The van der Waals surface area contributed by atoms with Gasteiger partial charge in [-0.15, -0.1) is 48.5 Å². The molecule has 67 heavy (non-hydrogen) atoms. The summed E-state index contributed by atoms with van der Waals surface area (Å²) in [5, 5.41) is 0. The van der Waals surface area contributed by atoms with E-state index < -0.39 is 71.0 Å². The van der Waals surface area contributed by atoms with E-state index in [1.54, 1.807) is 85.2 Å². The van der Waals surface area contributed by atoms with E-state index in [1.165, 1.54) is 48.5 Å². The Hall–Kier alpha value is -6.39. The number of alkyl halides is 12. The topological polar surface area (TPSA) is 184 Å². The molecule has 22 heteroatoms. The third-order valence-corrected chi connectivity index (χ3v) is 7.10. The Labute approximate surface area is 413 Å². The van der Waals surface area contributed by atoms with Crippen molar-refractivity contribution in [2.45, 2.75) is 24.7 Å². The molecule has 1 heterocycles. The Kier molecular flexibility index (Phi) is 26.5. The molecule has 5 aromatic rings. The maximum absolute atomic E-state index is 11.9. The fourth-order valence-electron chi connectivity index (χ4n) is 3.93. The summed E-state index contributed by atoms with van der Waals surface area (Å²) < 4.78 is 143. The third kappa shape index (κ3) is 25.8. The van der Waals surface area contributed by atoms with Gasteiger partial charge in [-0.05, 0) is 12.1 Å². The van der Waals surface area contributed by atoms with Crippen molar-refractivity contribution in [1.29, 1.82) is 0 Å². The maximum atomic E-state index is 11.9. The molecular weight excluding hydrogens is 1060 g/mol. The fourth-order valence-corrected chi connectivity index (χ4v) is 3.93. The smallest absolute Gasteiger partial charge is 0.313 e. The number of carbonyl (C=O) groups excluding carboxylic acids is 8. The van der Waals surface area contributed by atoms with E-state index in [0.717, 1.165) is 0 Å². The Morgan fingerprint density at radius 1 is 0.299 bits per heavy atom. The van der Waals surface area contributed by atoms with E-state index in [-0.39, 0.29) is 97.3 Å². The van der Waals surface area contributed by atoms with Gasteiger partial charge in [-0.25, -0.2) is 0 Å². The predicted molar refractivity (Wildman–Crippen MR) is 223 cm³/mol. The molecule has 5 rings (SSSR count). The van der Waals surface area contributed by atoms with Gasteiger partial charge < -0.3 is 19.2 Å². The Bertz CT molecular complexity index is 2010. The van der Waals surface area contributed by atoms with Crippen molar-refractivity contribution in [1.82, 2.24) is 4.98 Å². The Morgan fingerprint density at radius 3 is 0.582 bits per heavy atom. The van der Waals surface area contributed by atoms with Crippen LogP contribution in [0, 0.1) is 75.1 Å². The third-order valence-electron chi connectivity index (χ3n) is 7.10. The van der Waals surface area contributed by atoms with Crippen LogP contribution in [0.1, 0.15) is 22.3 Å². The second kappa shape index (κ2) is 29.3. The summed E-state index contributed by atoms with van der Waals surface area (Å²) in [4.78, 5) is 75.0. The van der Waals surface area contributed by atoms with Gasteiger partial charge in [0.1, 0.15) is 0 Å². The van der Waals surface area contributed by atoms with Crippen LogP contribution in [-0.2, 0) is 0 Å². The van der Waals surface area contributed by atoms with Crippen molar-refractivity contribution in [3.05, 3.63) is 200 Å². The molecule has 0 saturated carbocycles. The quantitative estimate of drug-likeness (QED) is 0.0392. The number of rotatable bonds is 12. The number of ketones is 8. The van der Waals surface area contributed by atoms with Crippen molar-refractivity contribution in [2.24, 2.45) is 0 Å². The first kappa shape index (κ1) is 60.6. The first-order chi connectivity index (χ1) is 30.6. The minimum absolute atomic E-state index is 0. The SMILES string of the molecule is [Eu+3].[OH+]=C([CH-]C(=[OH+])C(F)(F)F)c1ccccc1.[OH+]=C([CH-]C(=[OH+])C(F)(F)F)c1ccccc1.[OH+]=C([CH-]C(=[OH+])C(F)(F)F)c1ccccc1.[OH+]=C([CH-]C(=[OH+])C(F)(F)F)c1ccccc1.c1ccncc1. The molecule has 0 aliphatic rings. The van der Waals surface area contributed by atoms with Gasteiger partial charge in [0.25, 0.3) is 0 Å². The molecular formula is C45H37EuF12NO8+7. The predicted octanol–water partition coefficient (Wildman–Crippen LogP) is 8.65. The second-order valence-electron chi connectivity index (χ2n) is 12.1. The summed E-state index contributed by atoms with van der Waals surface area (Å²) in [7, 11) is 0. The molecule has 0 saturated heterocycles. The molecule has 4 aromatic carbocycles. The monoisotopic (exact) mass is 1100 g/mol. The van der Waals surface area contributed by atoms with Gasteiger partial charge in [-0.1, -0.05) is 101 Å². The zero-order chi connectivity index (χ0) is 50.1. The van der Waals surface area contributed by atoms with Gasteiger partial charge in [-0.3, -0.25) is 24.2 Å². The van der Waals surface area contributed by atoms with E-state index in [4.69, 9.17) is 19.2 Å². The van der Waals surface area contributed by atoms with Crippen LogP contribution in [0.3, 0.4) is 0 Å². The summed E-state index contributed by atoms with van der Waals surface area (Å²) in [5.74, 6) is -9.85. The number of hydrogen-bond donors (Lipinski definition) is 0. The van der Waals surface area contributed by atoms with Crippen molar-refractivity contribution < 1.29 is 140 Å². The number of aromatic nitrogens is 1. The second-order valence-corrected chi connectivity index (χ2v) is 12.1. The fraction of sp³-hybridized carbons (Fsp3) is 0.0889. The molecule has 0 spiro atoms. The molecule has 0 aliphatic heterocycles. The summed E-state index contributed by atoms with van der Waals surface area (Å²) >= 11 is 0. The van der Waals surface area contributed by atoms with Crippen LogP contribution in [-0.4, -0.2) is 114 Å². The maximum Gasteiger partial charge on any atom is 3.00 e. The van der Waals surface area contributed by atoms with Crippen molar-refractivity contribution in [2.75, 3.05) is 0 Å². The summed E-state index contributed by atoms with van der Waals surface area (Å²) in [6, 6.07) is 36.2. The number of halogens is 12. The van der Waals surface area contributed by atoms with Gasteiger partial charge in [0.15, 0.2) is 0 Å². The van der Waals surface area contributed by atoms with Gasteiger partial charge in [0.05, 0.1) is 0 Å². The van der Waals surface area contributed by atoms with Gasteiger partial charge >= 0.3 is 97.2 Å². The van der Waals surface area contributed by atoms with Crippen LogP contribution in [0.15, 0.2) is 152 Å². The van der Waals surface area contributed by atoms with E-state index in [0.29, 0.717) is 0 Å². The number of nitrogens with zero attached hydrogens (tertiary/aromatic N) is 1. The van der Waals surface area contributed by atoms with Crippen molar-refractivity contribution in [3.8, 4) is 0 Å². The zero-order valence-corrected chi connectivity index (χ0v) is 36.1. The standard InChI is InChI=1S/4C10H6F3O2.C5H5N.Eu/c4*11-10(12,13)9(15)6-8(14)7-4-2-1-3-5-7;1-2-4-6-5-3-1;/h4*1-6H;1-5H;/q4*-1;;+3/p+8. The molecule has 9 nitrogen and oxygen atoms in total. The first-order valence-electron chi connectivity index (χ1n) is 17.9. The van der Waals surface area contributed by atoms with Gasteiger partial charge in [0.2, 0.25) is 23.1 Å². The number of benzene rings is 4. The van der Waals surface area contributed by atoms with Crippen molar-refractivity contribution >= 4 is 46.3 Å². The molecule has 0 atom stereocenters. The molecule has 0 aliphatic carbocycles. The molecule has 0 radical (unpaired) electrons. The van der Waals surface area contributed by atoms with Crippen LogP contribution in [0.25, 0.3) is 0 Å². The van der Waals surface area contributed by atoms with Crippen LogP contribution in [0.4, 0.5) is 52.7 Å². The van der Waals surface area contributed by atoms with Crippen molar-refractivity contribution in [3.63, 3.8) is 0 Å². The molecule has 354 valence electrons. The molecule has 0 fully saturated rings. The van der Waals surface area contributed by atoms with Gasteiger partial charge in [0, 0.05) is 38.1 Å². The molecule has 0 amide bonds. The molecule has 8 N–H and O–H groups in total. The molecule has 1 aromatic heterocycles. The van der Waals surface area contributed by atoms with Gasteiger partial charge in [-0.2, -0.15) is 52.7 Å². The van der Waals surface area contributed by atoms with E-state index >= 15 is 0 Å². The van der Waals surface area contributed by atoms with E-state index in [1.807, 2.05) is 18.2 Å². The largest absolute Gasteiger partial charge is 3.00 e. The van der Waals surface area contributed by atoms with Crippen LogP contribution < -0.4 is 0 Å². The average Bonchev–Trinajstić information content (AvgIpc) is 3.27. The normalized spacial score (nSPS) is 10.4. The van der Waals surface area contributed by atoms with E-state index in [2.05, 4.69) is 4.98 Å². The zero-order valence-electron chi connectivity index (χ0n) is 33.7. The minimum atomic E-state index is -4.84. The summed E-state index contributed by atoms with van der Waals surface area (Å²) in [5.41, 5.74) is 0.809. The Balaban J connectivity index is 0.000000826. The van der Waals surface area contributed by atoms with Crippen LogP contribution >= 0.6 is 0 Å². The average molecular weight is 1100 g/mol. The number of hydrogen-bond acceptors (Lipinski definition) is 1. The Morgan fingerprint density at radius 2 is 0.463 bits per heavy atom. The number of pyridine rings is 1. The van der Waals surface area contributed by atoms with Crippen LogP contribution in [0.2, 0.25) is 0 Å². The first-order valence-corrected chi connectivity index (χ1v) is 17.9. The van der Waals surface area contributed by atoms with E-state index in [9.17, 15) is 71.9 Å². The summed E-state index contributed by atoms with van der Waals surface area (Å²) in [6.45, 7) is 0.